The van der Waals surface area contributed by atoms with E-state index in [0.29, 0.717) is 59.6 Å². The second-order valence-electron chi connectivity index (χ2n) is 7.95. The van der Waals surface area contributed by atoms with E-state index in [1.54, 1.807) is 23.9 Å². The topological polar surface area (TPSA) is 113 Å². The van der Waals surface area contributed by atoms with E-state index in [9.17, 15) is 4.79 Å². The summed E-state index contributed by atoms with van der Waals surface area (Å²) in [6.45, 7) is 3.89. The fourth-order valence-corrected chi connectivity index (χ4v) is 4.99. The molecule has 1 amide bonds. The minimum atomic E-state index is -0.0359. The van der Waals surface area contributed by atoms with Crippen molar-refractivity contribution in [1.29, 1.82) is 0 Å². The van der Waals surface area contributed by atoms with Gasteiger partial charge in [-0.2, -0.15) is 4.98 Å². The average molecular weight is 517 g/mol. The summed E-state index contributed by atoms with van der Waals surface area (Å²) in [6.07, 6.45) is 0. The largest absolute Gasteiger partial charge is 0.368 e. The third kappa shape index (κ3) is 5.05. The number of amides is 1. The Hall–Kier alpha value is -2.66. The quantitative estimate of drug-likeness (QED) is 0.544. The van der Waals surface area contributed by atoms with Crippen molar-refractivity contribution in [1.82, 2.24) is 25.2 Å². The Morgan fingerprint density at radius 3 is 2.62 bits per heavy atom. The van der Waals surface area contributed by atoms with E-state index in [1.165, 1.54) is 0 Å². The summed E-state index contributed by atoms with van der Waals surface area (Å²) in [7, 11) is 0. The van der Waals surface area contributed by atoms with Gasteiger partial charge < -0.3 is 16.0 Å². The molecule has 2 aliphatic rings. The van der Waals surface area contributed by atoms with Gasteiger partial charge in [-0.15, -0.1) is 0 Å². The maximum Gasteiger partial charge on any atom is 0.240 e. The number of carbonyl (C=O) groups excluding carboxylic acids is 1. The van der Waals surface area contributed by atoms with E-state index in [0.717, 1.165) is 28.7 Å². The van der Waals surface area contributed by atoms with Gasteiger partial charge in [0, 0.05) is 37.5 Å². The number of pyridine rings is 1. The molecule has 9 nitrogen and oxygen atoms in total. The number of amidine groups is 1. The number of nitrogens with two attached hydrogens (primary N) is 1. The number of nitrogens with one attached hydrogen (secondary N) is 1. The molecule has 3 aromatic rings. The standard InChI is InChI=1S/C22H22Cl2N8OS/c23-14-2-1-13(11-15(14)24)16-3-4-17-19(27-16)20(30-21(25)28-17)32-8-6-31(7-9-32)12-18(33)29-22-26-5-10-34-22/h1-4,11H,5-10,12H2,(H2,25,28,30)(H,26,29,33). The lowest BCUT2D eigenvalue weighted by Gasteiger charge is -2.35. The maximum absolute atomic E-state index is 12.3. The maximum atomic E-state index is 12.3. The van der Waals surface area contributed by atoms with Gasteiger partial charge in [-0.25, -0.2) is 9.97 Å². The van der Waals surface area contributed by atoms with Crippen LogP contribution >= 0.6 is 35.0 Å². The molecule has 0 radical (unpaired) electrons. The van der Waals surface area contributed by atoms with E-state index < -0.39 is 0 Å². The highest BCUT2D eigenvalue weighted by Crippen LogP contribution is 2.30. The number of nitrogens with zero attached hydrogens (tertiary/aromatic N) is 6. The third-order valence-corrected chi connectivity index (χ3v) is 7.26. The van der Waals surface area contributed by atoms with Crippen LogP contribution in [0.25, 0.3) is 22.3 Å². The van der Waals surface area contributed by atoms with Crippen LogP contribution in [0.15, 0.2) is 35.3 Å². The van der Waals surface area contributed by atoms with Gasteiger partial charge in [0.1, 0.15) is 5.52 Å². The lowest BCUT2D eigenvalue weighted by atomic mass is 10.1. The summed E-state index contributed by atoms with van der Waals surface area (Å²) in [5, 5.41) is 4.56. The van der Waals surface area contributed by atoms with Crippen molar-refractivity contribution in [3.63, 3.8) is 0 Å². The Morgan fingerprint density at radius 1 is 1.06 bits per heavy atom. The lowest BCUT2D eigenvalue weighted by Crippen LogP contribution is -2.50. The molecular weight excluding hydrogens is 495 g/mol. The van der Waals surface area contributed by atoms with E-state index in [1.807, 2.05) is 18.2 Å². The predicted octanol–water partition coefficient (Wildman–Crippen LogP) is 2.92. The molecule has 2 aromatic heterocycles. The Balaban J connectivity index is 1.33. The molecule has 0 bridgehead atoms. The van der Waals surface area contributed by atoms with Gasteiger partial charge >= 0.3 is 0 Å². The lowest BCUT2D eigenvalue weighted by molar-refractivity contribution is -0.120. The monoisotopic (exact) mass is 516 g/mol. The Kier molecular flexibility index (Phi) is 6.73. The van der Waals surface area contributed by atoms with E-state index in [4.69, 9.17) is 33.9 Å². The Morgan fingerprint density at radius 2 is 1.88 bits per heavy atom. The van der Waals surface area contributed by atoms with Gasteiger partial charge in [0.25, 0.3) is 0 Å². The molecule has 0 aliphatic carbocycles. The number of thioether (sulfide) groups is 1. The summed E-state index contributed by atoms with van der Waals surface area (Å²) in [4.78, 5) is 34.6. The molecule has 3 N–H and O–H groups in total. The van der Waals surface area contributed by atoms with Crippen LogP contribution in [-0.4, -0.2) is 75.9 Å². The minimum Gasteiger partial charge on any atom is -0.368 e. The Labute approximate surface area is 210 Å². The first kappa shape index (κ1) is 23.1. The highest BCUT2D eigenvalue weighted by Gasteiger charge is 2.23. The van der Waals surface area contributed by atoms with Crippen molar-refractivity contribution < 1.29 is 4.79 Å². The number of hydrogen-bond donors (Lipinski definition) is 2. The molecular formula is C22H22Cl2N8OS. The summed E-state index contributed by atoms with van der Waals surface area (Å²) in [5.74, 6) is 1.77. The van der Waals surface area contributed by atoms with Crippen LogP contribution in [0.1, 0.15) is 0 Å². The number of halogens is 2. The van der Waals surface area contributed by atoms with Crippen LogP contribution in [0, 0.1) is 0 Å². The molecule has 2 aliphatic heterocycles. The van der Waals surface area contributed by atoms with Crippen LogP contribution in [0.3, 0.4) is 0 Å². The molecule has 0 spiro atoms. The van der Waals surface area contributed by atoms with E-state index >= 15 is 0 Å². The number of benzene rings is 1. The number of rotatable bonds is 4. The van der Waals surface area contributed by atoms with E-state index in [-0.39, 0.29) is 11.9 Å². The van der Waals surface area contributed by atoms with Crippen LogP contribution in [0.4, 0.5) is 11.8 Å². The number of hydrogen-bond acceptors (Lipinski definition) is 9. The van der Waals surface area contributed by atoms with E-state index in [2.05, 4.69) is 30.1 Å². The molecule has 1 aromatic carbocycles. The molecule has 1 saturated heterocycles. The molecule has 0 saturated carbocycles. The molecule has 34 heavy (non-hydrogen) atoms. The number of carbonyl (C=O) groups is 1. The van der Waals surface area contributed by atoms with Crippen molar-refractivity contribution in [2.75, 3.05) is 55.7 Å². The number of fused-ring (bicyclic) bond motifs is 1. The van der Waals surface area contributed by atoms with Crippen molar-refractivity contribution >= 4 is 68.8 Å². The molecule has 0 unspecified atom stereocenters. The van der Waals surface area contributed by atoms with Gasteiger partial charge in [0.05, 0.1) is 34.3 Å². The summed E-state index contributed by atoms with van der Waals surface area (Å²) >= 11 is 13.8. The van der Waals surface area contributed by atoms with Crippen LogP contribution in [0.5, 0.6) is 0 Å². The predicted molar refractivity (Wildman–Crippen MR) is 139 cm³/mol. The second kappa shape index (κ2) is 9.91. The summed E-state index contributed by atoms with van der Waals surface area (Å²) in [5.41, 5.74) is 8.93. The van der Waals surface area contributed by atoms with Gasteiger partial charge in [-0.1, -0.05) is 41.0 Å². The van der Waals surface area contributed by atoms with Crippen LogP contribution in [-0.2, 0) is 4.79 Å². The number of piperazine rings is 1. The minimum absolute atomic E-state index is 0.0359. The SMILES string of the molecule is Nc1nc(N2CCN(CC(=O)NC3=NCCS3)CC2)c2nc(-c3ccc(Cl)c(Cl)c3)ccc2n1. The first-order valence-electron chi connectivity index (χ1n) is 10.8. The van der Waals surface area contributed by atoms with Crippen molar-refractivity contribution in [2.45, 2.75) is 0 Å². The van der Waals surface area contributed by atoms with Crippen LogP contribution < -0.4 is 16.0 Å². The molecule has 4 heterocycles. The first-order chi connectivity index (χ1) is 16.5. The zero-order chi connectivity index (χ0) is 23.7. The average Bonchev–Trinajstić information content (AvgIpc) is 3.33. The van der Waals surface area contributed by atoms with Gasteiger partial charge in [-0.05, 0) is 24.3 Å². The summed E-state index contributed by atoms with van der Waals surface area (Å²) < 4.78 is 0. The fourth-order valence-electron chi connectivity index (χ4n) is 3.94. The molecule has 1 fully saturated rings. The number of anilines is 2. The zero-order valence-corrected chi connectivity index (χ0v) is 20.5. The molecule has 0 atom stereocenters. The normalized spacial score (nSPS) is 16.6. The second-order valence-corrected chi connectivity index (χ2v) is 9.84. The highest BCUT2D eigenvalue weighted by atomic mass is 35.5. The highest BCUT2D eigenvalue weighted by molar-refractivity contribution is 8.14. The smallest absolute Gasteiger partial charge is 0.240 e. The Bertz CT molecular complexity index is 1280. The fraction of sp³-hybridized carbons (Fsp3) is 0.318. The van der Waals surface area contributed by atoms with Gasteiger partial charge in [0.2, 0.25) is 11.9 Å². The number of aromatic nitrogens is 3. The first-order valence-corrected chi connectivity index (χ1v) is 12.5. The number of nitrogen functional groups attached to an aromatic ring is 1. The van der Waals surface area contributed by atoms with Crippen molar-refractivity contribution in [3.8, 4) is 11.3 Å². The molecule has 5 rings (SSSR count). The molecule has 12 heteroatoms. The molecule has 176 valence electrons. The zero-order valence-electron chi connectivity index (χ0n) is 18.2. The number of aliphatic imine (C=N–C) groups is 1. The van der Waals surface area contributed by atoms with Gasteiger partial charge in [-0.3, -0.25) is 14.7 Å². The van der Waals surface area contributed by atoms with Gasteiger partial charge in [0.15, 0.2) is 11.0 Å². The van der Waals surface area contributed by atoms with Crippen molar-refractivity contribution in [3.05, 3.63) is 40.4 Å². The third-order valence-electron chi connectivity index (χ3n) is 5.63. The van der Waals surface area contributed by atoms with Crippen LogP contribution in [0.2, 0.25) is 10.0 Å². The summed E-state index contributed by atoms with van der Waals surface area (Å²) in [6, 6.07) is 9.17. The van der Waals surface area contributed by atoms with Crippen molar-refractivity contribution in [2.24, 2.45) is 4.99 Å².